The van der Waals surface area contributed by atoms with Crippen molar-refractivity contribution in [2.75, 3.05) is 6.54 Å². The van der Waals surface area contributed by atoms with Crippen molar-refractivity contribution in [3.63, 3.8) is 0 Å². The van der Waals surface area contributed by atoms with E-state index in [0.717, 1.165) is 12.5 Å². The van der Waals surface area contributed by atoms with Crippen molar-refractivity contribution < 1.29 is 14.3 Å². The molecule has 0 aliphatic heterocycles. The highest BCUT2D eigenvalue weighted by Gasteiger charge is 2.53. The Balaban J connectivity index is 1.52. The molecule has 0 saturated heterocycles. The second kappa shape index (κ2) is 4.60. The van der Waals surface area contributed by atoms with Crippen molar-refractivity contribution >= 4 is 16.9 Å². The number of carboxylic acids is 1. The van der Waals surface area contributed by atoms with Crippen LogP contribution in [0.25, 0.3) is 11.0 Å². The zero-order valence-electron chi connectivity index (χ0n) is 11.9. The predicted molar refractivity (Wildman–Crippen MR) is 79.3 cm³/mol. The summed E-state index contributed by atoms with van der Waals surface area (Å²) in [5, 5.41) is 13.5. The van der Waals surface area contributed by atoms with Crippen molar-refractivity contribution in [1.82, 2.24) is 5.32 Å². The maximum absolute atomic E-state index is 11.5. The molecule has 2 fully saturated rings. The summed E-state index contributed by atoms with van der Waals surface area (Å²) in [6, 6.07) is 7.32. The number of hydrogen-bond acceptors (Lipinski definition) is 3. The van der Waals surface area contributed by atoms with Crippen LogP contribution in [0, 0.1) is 11.3 Å². The van der Waals surface area contributed by atoms with Crippen molar-refractivity contribution in [2.24, 2.45) is 11.3 Å². The first-order valence-electron chi connectivity index (χ1n) is 7.64. The van der Waals surface area contributed by atoms with Gasteiger partial charge in [-0.3, -0.25) is 0 Å². The Morgan fingerprint density at radius 1 is 1.33 bits per heavy atom. The average Bonchev–Trinajstić information content (AvgIpc) is 3.34. The molecule has 4 rings (SSSR count). The number of hydrogen-bond donors (Lipinski definition) is 2. The topological polar surface area (TPSA) is 62.5 Å². The molecule has 2 aliphatic carbocycles. The minimum atomic E-state index is -0.917. The van der Waals surface area contributed by atoms with Crippen molar-refractivity contribution in [3.05, 3.63) is 35.6 Å². The largest absolute Gasteiger partial charge is 0.478 e. The summed E-state index contributed by atoms with van der Waals surface area (Å²) in [4.78, 5) is 11.5. The van der Waals surface area contributed by atoms with Gasteiger partial charge in [0.1, 0.15) is 16.9 Å². The van der Waals surface area contributed by atoms with Gasteiger partial charge >= 0.3 is 5.97 Å². The molecular weight excluding hydrogens is 266 g/mol. The first-order chi connectivity index (χ1) is 10.2. The molecule has 2 aromatic rings. The number of furan rings is 1. The van der Waals surface area contributed by atoms with Gasteiger partial charge in [-0.05, 0) is 43.1 Å². The minimum Gasteiger partial charge on any atom is -0.478 e. The third-order valence-corrected chi connectivity index (χ3v) is 4.98. The van der Waals surface area contributed by atoms with Gasteiger partial charge in [-0.25, -0.2) is 4.79 Å². The fraction of sp³-hybridized carbons (Fsp3) is 0.471. The number of carbonyl (C=O) groups is 1. The Morgan fingerprint density at radius 3 is 2.76 bits per heavy atom. The molecule has 1 aromatic heterocycles. The molecular formula is C17H19NO3. The van der Waals surface area contributed by atoms with E-state index >= 15 is 0 Å². The minimum absolute atomic E-state index is 0.300. The number of rotatable bonds is 6. The molecule has 2 aliphatic rings. The van der Waals surface area contributed by atoms with Gasteiger partial charge in [-0.1, -0.05) is 18.2 Å². The molecule has 4 heteroatoms. The Bertz CT molecular complexity index is 695. The van der Waals surface area contributed by atoms with Gasteiger partial charge < -0.3 is 14.8 Å². The Morgan fingerprint density at radius 2 is 2.10 bits per heavy atom. The average molecular weight is 285 g/mol. The normalized spacial score (nSPS) is 19.8. The third kappa shape index (κ3) is 2.23. The lowest BCUT2D eigenvalue weighted by Gasteiger charge is -2.14. The van der Waals surface area contributed by atoms with E-state index in [9.17, 15) is 9.90 Å². The quantitative estimate of drug-likeness (QED) is 0.853. The molecule has 1 aromatic carbocycles. The first-order valence-corrected chi connectivity index (χ1v) is 7.64. The Hall–Kier alpha value is -1.81. The van der Waals surface area contributed by atoms with Crippen molar-refractivity contribution in [2.45, 2.75) is 32.2 Å². The number of aromatic carboxylic acids is 1. The Kier molecular flexibility index (Phi) is 2.82. The van der Waals surface area contributed by atoms with Gasteiger partial charge in [0.15, 0.2) is 0 Å². The SMILES string of the molecule is O=C(O)c1c(CNCC2(C3CC3)CC2)oc2ccccc12. The summed E-state index contributed by atoms with van der Waals surface area (Å²) in [6.07, 6.45) is 5.37. The molecule has 1 heterocycles. The van der Waals surface area contributed by atoms with Crippen LogP contribution < -0.4 is 5.32 Å². The number of nitrogens with one attached hydrogen (secondary N) is 1. The van der Waals surface area contributed by atoms with Crippen LogP contribution in [0.2, 0.25) is 0 Å². The number of para-hydroxylation sites is 1. The van der Waals surface area contributed by atoms with E-state index in [-0.39, 0.29) is 0 Å². The fourth-order valence-corrected chi connectivity index (χ4v) is 3.47. The van der Waals surface area contributed by atoms with Gasteiger partial charge in [0.25, 0.3) is 0 Å². The van der Waals surface area contributed by atoms with E-state index in [1.807, 2.05) is 18.2 Å². The van der Waals surface area contributed by atoms with Gasteiger partial charge in [-0.2, -0.15) is 0 Å². The molecule has 4 nitrogen and oxygen atoms in total. The van der Waals surface area contributed by atoms with Crippen LogP contribution in [0.3, 0.4) is 0 Å². The molecule has 0 atom stereocenters. The van der Waals surface area contributed by atoms with Gasteiger partial charge in [0, 0.05) is 11.9 Å². The zero-order chi connectivity index (χ0) is 14.4. The molecule has 0 amide bonds. The van der Waals surface area contributed by atoms with Crippen LogP contribution >= 0.6 is 0 Å². The maximum atomic E-state index is 11.5. The van der Waals surface area contributed by atoms with Crippen molar-refractivity contribution in [1.29, 1.82) is 0 Å². The van der Waals surface area contributed by atoms with Crippen molar-refractivity contribution in [3.8, 4) is 0 Å². The fourth-order valence-electron chi connectivity index (χ4n) is 3.47. The van der Waals surface area contributed by atoms with E-state index in [4.69, 9.17) is 4.42 Å². The van der Waals surface area contributed by atoms with Crippen LogP contribution in [0.5, 0.6) is 0 Å². The summed E-state index contributed by atoms with van der Waals surface area (Å²) in [6.45, 7) is 1.47. The maximum Gasteiger partial charge on any atom is 0.339 e. The number of benzene rings is 1. The lowest BCUT2D eigenvalue weighted by molar-refractivity contribution is 0.0696. The molecule has 2 saturated carbocycles. The molecule has 0 unspecified atom stereocenters. The highest BCUT2D eigenvalue weighted by atomic mass is 16.4. The zero-order valence-corrected chi connectivity index (χ0v) is 11.9. The van der Waals surface area contributed by atoms with E-state index in [0.29, 0.717) is 34.3 Å². The molecule has 21 heavy (non-hydrogen) atoms. The first kappa shape index (κ1) is 12.9. The van der Waals surface area contributed by atoms with E-state index in [2.05, 4.69) is 5.32 Å². The van der Waals surface area contributed by atoms with Gasteiger partial charge in [0.05, 0.1) is 6.54 Å². The monoisotopic (exact) mass is 285 g/mol. The van der Waals surface area contributed by atoms with Gasteiger partial charge in [-0.15, -0.1) is 0 Å². The smallest absolute Gasteiger partial charge is 0.339 e. The molecule has 110 valence electrons. The molecule has 0 bridgehead atoms. The van der Waals surface area contributed by atoms with E-state index < -0.39 is 5.97 Å². The van der Waals surface area contributed by atoms with E-state index in [1.54, 1.807) is 6.07 Å². The molecule has 2 N–H and O–H groups in total. The summed E-state index contributed by atoms with van der Waals surface area (Å²) in [5.74, 6) is 0.523. The molecule has 0 radical (unpaired) electrons. The number of carboxylic acid groups (broad SMARTS) is 1. The highest BCUT2D eigenvalue weighted by molar-refractivity contribution is 6.03. The van der Waals surface area contributed by atoms with Gasteiger partial charge in [0.2, 0.25) is 0 Å². The lowest BCUT2D eigenvalue weighted by Crippen LogP contribution is -2.25. The summed E-state index contributed by atoms with van der Waals surface area (Å²) in [7, 11) is 0. The second-order valence-electron chi connectivity index (χ2n) is 6.44. The predicted octanol–water partition coefficient (Wildman–Crippen LogP) is 3.41. The van der Waals surface area contributed by atoms with Crippen LogP contribution in [-0.2, 0) is 6.54 Å². The van der Waals surface area contributed by atoms with Crippen LogP contribution in [0.1, 0.15) is 41.8 Å². The second-order valence-corrected chi connectivity index (χ2v) is 6.44. The van der Waals surface area contributed by atoms with Crippen LogP contribution in [0.4, 0.5) is 0 Å². The summed E-state index contributed by atoms with van der Waals surface area (Å²) >= 11 is 0. The summed E-state index contributed by atoms with van der Waals surface area (Å²) < 4.78 is 5.73. The van der Waals surface area contributed by atoms with Crippen LogP contribution in [0.15, 0.2) is 28.7 Å². The Labute approximate surface area is 123 Å². The molecule has 0 spiro atoms. The number of fused-ring (bicyclic) bond motifs is 1. The summed E-state index contributed by atoms with van der Waals surface area (Å²) in [5.41, 5.74) is 1.46. The highest BCUT2D eigenvalue weighted by Crippen LogP contribution is 2.60. The standard InChI is InChI=1S/C17H19NO3/c19-16(20)15-12-3-1-2-4-13(12)21-14(15)9-18-10-17(7-8-17)11-5-6-11/h1-4,11,18H,5-10H2,(H,19,20). The van der Waals surface area contributed by atoms with E-state index in [1.165, 1.54) is 25.7 Å². The third-order valence-electron chi connectivity index (χ3n) is 4.98. The lowest BCUT2D eigenvalue weighted by atomic mass is 10.0. The van der Waals surface area contributed by atoms with Crippen LogP contribution in [-0.4, -0.2) is 17.6 Å².